The Morgan fingerprint density at radius 2 is 1.77 bits per heavy atom. The van der Waals surface area contributed by atoms with Gasteiger partial charge in [-0.2, -0.15) is 0 Å². The molecule has 0 N–H and O–H groups in total. The highest BCUT2D eigenvalue weighted by molar-refractivity contribution is 5.99. The first-order valence-corrected chi connectivity index (χ1v) is 13.4. The molecule has 2 atom stereocenters. The van der Waals surface area contributed by atoms with Crippen LogP contribution in [0.1, 0.15) is 85.0 Å². The average Bonchev–Trinajstić information content (AvgIpc) is 3.42. The first-order chi connectivity index (χ1) is 18.9. The van der Waals surface area contributed by atoms with Gasteiger partial charge in [0, 0.05) is 24.0 Å². The zero-order chi connectivity index (χ0) is 27.4. The summed E-state index contributed by atoms with van der Waals surface area (Å²) in [4.78, 5) is 38.4. The van der Waals surface area contributed by atoms with Gasteiger partial charge >= 0.3 is 11.9 Å². The summed E-state index contributed by atoms with van der Waals surface area (Å²) in [5.41, 5.74) is 2.31. The molecule has 0 radical (unpaired) electrons. The molecule has 0 amide bonds. The Balaban J connectivity index is 1.60. The number of carbonyl (C=O) groups is 3. The van der Waals surface area contributed by atoms with Crippen LogP contribution in [-0.4, -0.2) is 30.9 Å². The van der Waals surface area contributed by atoms with Crippen LogP contribution in [0.15, 0.2) is 59.0 Å². The van der Waals surface area contributed by atoms with Crippen LogP contribution in [-0.2, 0) is 14.3 Å². The van der Waals surface area contributed by atoms with Gasteiger partial charge < -0.3 is 18.6 Å². The predicted octanol–water partition coefficient (Wildman–Crippen LogP) is 6.88. The van der Waals surface area contributed by atoms with Crippen LogP contribution >= 0.6 is 0 Å². The van der Waals surface area contributed by atoms with Gasteiger partial charge in [-0.05, 0) is 56.4 Å². The Morgan fingerprint density at radius 3 is 2.56 bits per heavy atom. The number of ether oxygens (including phenoxy) is 3. The largest absolute Gasteiger partial charge is 0.495 e. The number of Topliss-reactive ketones (excluding diaryl/α,β-unsaturated/α-hetero) is 1. The molecule has 0 saturated carbocycles. The molecule has 5 rings (SSSR count). The van der Waals surface area contributed by atoms with Crippen molar-refractivity contribution in [2.75, 3.05) is 7.11 Å². The molecule has 7 nitrogen and oxygen atoms in total. The van der Waals surface area contributed by atoms with Crippen LogP contribution in [0.3, 0.4) is 0 Å². The zero-order valence-electron chi connectivity index (χ0n) is 22.2. The van der Waals surface area contributed by atoms with E-state index in [1.807, 2.05) is 55.5 Å². The number of cyclic esters (lactones) is 1. The summed E-state index contributed by atoms with van der Waals surface area (Å²) in [5, 5.41) is 0. The Bertz CT molecular complexity index is 1400. The van der Waals surface area contributed by atoms with Crippen molar-refractivity contribution in [3.8, 4) is 22.8 Å². The van der Waals surface area contributed by atoms with Gasteiger partial charge in [-0.3, -0.25) is 9.59 Å². The fourth-order valence-electron chi connectivity index (χ4n) is 5.25. The van der Waals surface area contributed by atoms with Crippen LogP contribution < -0.4 is 9.47 Å². The topological polar surface area (TPSA) is 92.0 Å². The number of esters is 2. The standard InChI is InChI=1S/C32H32O7/c1-20-10-9-15-23(33)14-8-4-7-13-22-18-27-30(31(36-2)29(22)32(35)37-20)24(19-28(34)39-27)26-17-16-25(38-26)21-11-5-3-6-12-21/h3,5-7,11-13,16-18,20,24H,4,8-10,14-15,19H2,1-2H3. The summed E-state index contributed by atoms with van der Waals surface area (Å²) in [7, 11) is 1.50. The third-order valence-corrected chi connectivity index (χ3v) is 7.19. The number of furan rings is 1. The monoisotopic (exact) mass is 528 g/mol. The van der Waals surface area contributed by atoms with Gasteiger partial charge in [0.1, 0.15) is 34.4 Å². The molecule has 0 spiro atoms. The molecule has 2 aliphatic rings. The second kappa shape index (κ2) is 11.7. The van der Waals surface area contributed by atoms with Crippen LogP contribution in [0, 0.1) is 0 Å². The van der Waals surface area contributed by atoms with Gasteiger partial charge in [0.15, 0.2) is 0 Å². The highest BCUT2D eigenvalue weighted by Gasteiger charge is 2.37. The molecular weight excluding hydrogens is 496 g/mol. The lowest BCUT2D eigenvalue weighted by molar-refractivity contribution is -0.135. The van der Waals surface area contributed by atoms with Crippen molar-refractivity contribution >= 4 is 23.8 Å². The van der Waals surface area contributed by atoms with Crippen molar-refractivity contribution in [3.05, 3.63) is 77.1 Å². The number of hydrogen-bond acceptors (Lipinski definition) is 7. The van der Waals surface area contributed by atoms with E-state index in [4.69, 9.17) is 18.6 Å². The first kappa shape index (κ1) is 26.5. The number of carbonyl (C=O) groups excluding carboxylic acids is 3. The van der Waals surface area contributed by atoms with E-state index in [1.54, 1.807) is 12.1 Å². The number of fused-ring (bicyclic) bond motifs is 2. The highest BCUT2D eigenvalue weighted by atomic mass is 16.5. The molecule has 0 bridgehead atoms. The molecule has 39 heavy (non-hydrogen) atoms. The van der Waals surface area contributed by atoms with Crippen molar-refractivity contribution in [2.45, 2.75) is 63.9 Å². The second-order valence-electron chi connectivity index (χ2n) is 10.0. The van der Waals surface area contributed by atoms with Crippen LogP contribution in [0.2, 0.25) is 0 Å². The molecular formula is C32H32O7. The average molecular weight is 529 g/mol. The van der Waals surface area contributed by atoms with Gasteiger partial charge in [-0.25, -0.2) is 4.79 Å². The third kappa shape index (κ3) is 5.82. The summed E-state index contributed by atoms with van der Waals surface area (Å²) in [6.45, 7) is 1.83. The second-order valence-corrected chi connectivity index (χ2v) is 10.0. The van der Waals surface area contributed by atoms with E-state index in [2.05, 4.69) is 0 Å². The Kier molecular flexibility index (Phi) is 7.96. The molecule has 0 saturated heterocycles. The molecule has 3 heterocycles. The lowest BCUT2D eigenvalue weighted by Gasteiger charge is -2.27. The molecule has 2 aliphatic heterocycles. The smallest absolute Gasteiger partial charge is 0.342 e. The summed E-state index contributed by atoms with van der Waals surface area (Å²) in [5.74, 6) is 0.685. The minimum Gasteiger partial charge on any atom is -0.495 e. The Morgan fingerprint density at radius 1 is 0.974 bits per heavy atom. The summed E-state index contributed by atoms with van der Waals surface area (Å²) in [6.07, 6.45) is 7.05. The Hall–Kier alpha value is -4.13. The van der Waals surface area contributed by atoms with Crippen molar-refractivity contribution in [1.29, 1.82) is 0 Å². The van der Waals surface area contributed by atoms with Crippen LogP contribution in [0.4, 0.5) is 0 Å². The minimum absolute atomic E-state index is 0.0409. The van der Waals surface area contributed by atoms with Crippen molar-refractivity contribution in [1.82, 2.24) is 0 Å². The molecule has 0 fully saturated rings. The van der Waals surface area contributed by atoms with Crippen molar-refractivity contribution in [3.63, 3.8) is 0 Å². The summed E-state index contributed by atoms with van der Waals surface area (Å²) in [6, 6.07) is 15.1. The molecule has 3 aromatic rings. The third-order valence-electron chi connectivity index (χ3n) is 7.19. The van der Waals surface area contributed by atoms with Crippen LogP contribution in [0.5, 0.6) is 11.5 Å². The lowest BCUT2D eigenvalue weighted by Crippen LogP contribution is -2.24. The van der Waals surface area contributed by atoms with Gasteiger partial charge in [0.05, 0.1) is 25.6 Å². The Labute approximate surface area is 227 Å². The van der Waals surface area contributed by atoms with Gasteiger partial charge in [0.2, 0.25) is 0 Å². The van der Waals surface area contributed by atoms with Crippen LogP contribution in [0.25, 0.3) is 17.4 Å². The van der Waals surface area contributed by atoms with E-state index in [0.29, 0.717) is 66.3 Å². The highest BCUT2D eigenvalue weighted by Crippen LogP contribution is 2.48. The normalized spacial score (nSPS) is 20.3. The number of allylic oxidation sites excluding steroid dienone is 1. The van der Waals surface area contributed by atoms with E-state index in [0.717, 1.165) is 12.0 Å². The van der Waals surface area contributed by atoms with Crippen molar-refractivity contribution in [2.24, 2.45) is 0 Å². The van der Waals surface area contributed by atoms with E-state index in [9.17, 15) is 14.4 Å². The number of ketones is 1. The maximum atomic E-state index is 13.6. The maximum absolute atomic E-state index is 13.6. The summed E-state index contributed by atoms with van der Waals surface area (Å²) < 4.78 is 23.6. The quantitative estimate of drug-likeness (QED) is 0.270. The lowest BCUT2D eigenvalue weighted by atomic mass is 9.86. The molecule has 0 aliphatic carbocycles. The fraction of sp³-hybridized carbons (Fsp3) is 0.344. The fourth-order valence-corrected chi connectivity index (χ4v) is 5.25. The van der Waals surface area contributed by atoms with E-state index < -0.39 is 17.9 Å². The molecule has 7 heteroatoms. The SMILES string of the molecule is COc1c2c(cc3c1C(c1ccc(-c4ccccc4)o1)CC(=O)O3)C=CCCCC(=O)CCCC(C)OC2=O. The van der Waals surface area contributed by atoms with Gasteiger partial charge in [-0.1, -0.05) is 42.5 Å². The van der Waals surface area contributed by atoms with Gasteiger partial charge in [0.25, 0.3) is 0 Å². The number of rotatable bonds is 3. The number of benzene rings is 2. The molecule has 2 unspecified atom stereocenters. The molecule has 202 valence electrons. The summed E-state index contributed by atoms with van der Waals surface area (Å²) >= 11 is 0. The molecule has 2 aromatic carbocycles. The van der Waals surface area contributed by atoms with E-state index in [-0.39, 0.29) is 23.9 Å². The van der Waals surface area contributed by atoms with E-state index >= 15 is 0 Å². The van der Waals surface area contributed by atoms with Crippen molar-refractivity contribution < 1.29 is 33.0 Å². The number of methoxy groups -OCH3 is 1. The molecule has 1 aromatic heterocycles. The van der Waals surface area contributed by atoms with Gasteiger partial charge in [-0.15, -0.1) is 0 Å². The number of hydrogen-bond donors (Lipinski definition) is 0. The zero-order valence-corrected chi connectivity index (χ0v) is 22.2. The van der Waals surface area contributed by atoms with E-state index in [1.165, 1.54) is 7.11 Å². The maximum Gasteiger partial charge on any atom is 0.342 e. The first-order valence-electron chi connectivity index (χ1n) is 13.4. The minimum atomic E-state index is -0.523. The predicted molar refractivity (Wildman–Crippen MR) is 146 cm³/mol.